The van der Waals surface area contributed by atoms with Gasteiger partial charge in [-0.1, -0.05) is 23.7 Å². The van der Waals surface area contributed by atoms with Crippen LogP contribution in [0.2, 0.25) is 5.02 Å². The van der Waals surface area contributed by atoms with E-state index < -0.39 is 11.4 Å². The molecule has 0 atom stereocenters. The van der Waals surface area contributed by atoms with E-state index >= 15 is 0 Å². The van der Waals surface area contributed by atoms with Crippen LogP contribution in [0.1, 0.15) is 5.56 Å². The van der Waals surface area contributed by atoms with E-state index in [1.807, 2.05) is 6.07 Å². The quantitative estimate of drug-likeness (QED) is 0.481. The van der Waals surface area contributed by atoms with Gasteiger partial charge in [0.1, 0.15) is 23.3 Å². The van der Waals surface area contributed by atoms with Crippen LogP contribution in [0, 0.1) is 11.3 Å². The molecule has 0 radical (unpaired) electrons. The maximum absolute atomic E-state index is 13.1. The standard InChI is InChI=1S/C25H21ClN6O4/c26-18-3-1-17(2-4-18)16-32-23(30-24(34)31(13-14-33)25(32)35)29-19-5-8-21(9-6-19)36-22-10-7-20(15-27)28-12-11-22/h1-11,33H,12-14,16H2,(H,29,30,34). The number of allylic oxidation sites excluding steroid dienone is 2. The molecule has 2 N–H and O–H groups in total. The fourth-order valence-electron chi connectivity index (χ4n) is 3.37. The number of nitrogens with zero attached hydrogens (tertiary/aromatic N) is 5. The van der Waals surface area contributed by atoms with Crippen LogP contribution in [-0.4, -0.2) is 38.1 Å². The molecule has 0 amide bonds. The third-order valence-electron chi connectivity index (χ3n) is 5.15. The minimum atomic E-state index is -0.769. The van der Waals surface area contributed by atoms with E-state index in [2.05, 4.69) is 15.3 Å². The molecule has 0 aliphatic carbocycles. The molecule has 182 valence electrons. The SMILES string of the molecule is N#CC1=NCC=C(Oc2ccc(Nc3nc(=O)n(CCO)c(=O)n3Cc3ccc(Cl)cc3)cc2)C=C1. The average molecular weight is 505 g/mol. The molecule has 1 aliphatic heterocycles. The third kappa shape index (κ3) is 5.96. The summed E-state index contributed by atoms with van der Waals surface area (Å²) < 4.78 is 8.03. The number of rotatable bonds is 8. The van der Waals surface area contributed by atoms with Crippen molar-refractivity contribution in [3.05, 3.63) is 104 Å². The largest absolute Gasteiger partial charge is 0.458 e. The van der Waals surface area contributed by atoms with Crippen molar-refractivity contribution in [1.29, 1.82) is 5.26 Å². The smallest absolute Gasteiger partial charge is 0.355 e. The van der Waals surface area contributed by atoms with Crippen molar-refractivity contribution in [2.24, 2.45) is 4.99 Å². The summed E-state index contributed by atoms with van der Waals surface area (Å²) in [4.78, 5) is 33.6. The maximum Gasteiger partial charge on any atom is 0.355 e. The molecule has 36 heavy (non-hydrogen) atoms. The molecule has 10 nitrogen and oxygen atoms in total. The van der Waals surface area contributed by atoms with E-state index in [0.717, 1.165) is 10.1 Å². The summed E-state index contributed by atoms with van der Waals surface area (Å²) in [5.41, 5.74) is 0.293. The number of hydrogen-bond acceptors (Lipinski definition) is 8. The maximum atomic E-state index is 13.1. The van der Waals surface area contributed by atoms with Crippen molar-refractivity contribution < 1.29 is 9.84 Å². The summed E-state index contributed by atoms with van der Waals surface area (Å²) in [5, 5.41) is 21.8. The van der Waals surface area contributed by atoms with Crippen molar-refractivity contribution in [3.8, 4) is 11.8 Å². The van der Waals surface area contributed by atoms with Gasteiger partial charge in [0.2, 0.25) is 5.95 Å². The lowest BCUT2D eigenvalue weighted by Crippen LogP contribution is -2.43. The fourth-order valence-corrected chi connectivity index (χ4v) is 3.49. The Labute approximate surface area is 210 Å². The lowest BCUT2D eigenvalue weighted by atomic mass is 10.2. The van der Waals surface area contributed by atoms with E-state index in [1.54, 1.807) is 66.8 Å². The van der Waals surface area contributed by atoms with E-state index in [1.165, 1.54) is 4.57 Å². The van der Waals surface area contributed by atoms with Gasteiger partial charge in [0.05, 0.1) is 26.2 Å². The number of anilines is 2. The Morgan fingerprint density at radius 2 is 1.83 bits per heavy atom. The van der Waals surface area contributed by atoms with Crippen molar-refractivity contribution >= 4 is 28.9 Å². The third-order valence-corrected chi connectivity index (χ3v) is 5.40. The second-order valence-electron chi connectivity index (χ2n) is 7.62. The van der Waals surface area contributed by atoms with Crippen molar-refractivity contribution in [3.63, 3.8) is 0 Å². The summed E-state index contributed by atoms with van der Waals surface area (Å²) in [5.74, 6) is 1.15. The van der Waals surface area contributed by atoms with Crippen molar-refractivity contribution in [2.75, 3.05) is 18.5 Å². The Hall–Kier alpha value is -4.46. The Bertz CT molecular complexity index is 1500. The van der Waals surface area contributed by atoms with E-state index in [0.29, 0.717) is 34.5 Å². The van der Waals surface area contributed by atoms with Gasteiger partial charge >= 0.3 is 11.4 Å². The van der Waals surface area contributed by atoms with E-state index in [-0.39, 0.29) is 25.6 Å². The van der Waals surface area contributed by atoms with E-state index in [4.69, 9.17) is 21.6 Å². The molecule has 4 rings (SSSR count). The summed E-state index contributed by atoms with van der Waals surface area (Å²) in [6.45, 7) is -0.0701. The highest BCUT2D eigenvalue weighted by Crippen LogP contribution is 2.21. The second kappa shape index (κ2) is 11.3. The molecule has 0 saturated carbocycles. The number of aliphatic hydroxyl groups excluding tert-OH is 1. The highest BCUT2D eigenvalue weighted by molar-refractivity contribution is 6.30. The van der Waals surface area contributed by atoms with Crippen LogP contribution in [0.25, 0.3) is 0 Å². The van der Waals surface area contributed by atoms with Crippen LogP contribution in [0.3, 0.4) is 0 Å². The van der Waals surface area contributed by atoms with Gasteiger partial charge in [-0.25, -0.2) is 14.2 Å². The topological polar surface area (TPSA) is 135 Å². The number of nitrogens with one attached hydrogen (secondary N) is 1. The first kappa shape index (κ1) is 24.7. The number of aliphatic imine (C=N–C) groups is 1. The minimum Gasteiger partial charge on any atom is -0.458 e. The number of ether oxygens (including phenoxy) is 1. The summed E-state index contributed by atoms with van der Waals surface area (Å²) in [6, 6.07) is 15.8. The zero-order valence-corrected chi connectivity index (χ0v) is 19.7. The normalized spacial score (nSPS) is 12.8. The van der Waals surface area contributed by atoms with Crippen LogP contribution in [0.4, 0.5) is 11.6 Å². The molecule has 0 fully saturated rings. The molecule has 0 saturated heterocycles. The molecule has 2 heterocycles. The Morgan fingerprint density at radius 3 is 2.53 bits per heavy atom. The lowest BCUT2D eigenvalue weighted by molar-refractivity contribution is 0.268. The molecule has 0 spiro atoms. The number of hydrogen-bond donors (Lipinski definition) is 2. The summed E-state index contributed by atoms with van der Waals surface area (Å²) in [6.07, 6.45) is 5.01. The summed E-state index contributed by atoms with van der Waals surface area (Å²) in [7, 11) is 0. The van der Waals surface area contributed by atoms with Crippen LogP contribution >= 0.6 is 11.6 Å². The predicted octanol–water partition coefficient (Wildman–Crippen LogP) is 2.64. The second-order valence-corrected chi connectivity index (χ2v) is 8.05. The monoisotopic (exact) mass is 504 g/mol. The van der Waals surface area contributed by atoms with Gasteiger partial charge in [-0.05, 0) is 60.2 Å². The van der Waals surface area contributed by atoms with Crippen molar-refractivity contribution in [2.45, 2.75) is 13.1 Å². The number of halogens is 1. The molecule has 1 aromatic heterocycles. The highest BCUT2D eigenvalue weighted by atomic mass is 35.5. The van der Waals surface area contributed by atoms with Gasteiger partial charge in [-0.3, -0.25) is 9.56 Å². The average Bonchev–Trinajstić information content (AvgIpc) is 3.11. The highest BCUT2D eigenvalue weighted by Gasteiger charge is 2.14. The minimum absolute atomic E-state index is 0.0541. The molecule has 11 heteroatoms. The molecular weight excluding hydrogens is 484 g/mol. The van der Waals surface area contributed by atoms with Crippen molar-refractivity contribution in [1.82, 2.24) is 14.1 Å². The van der Waals surface area contributed by atoms with Crippen LogP contribution in [-0.2, 0) is 13.1 Å². The zero-order chi connectivity index (χ0) is 25.5. The molecule has 3 aromatic rings. The first-order valence-electron chi connectivity index (χ1n) is 10.9. The molecule has 0 unspecified atom stereocenters. The zero-order valence-electron chi connectivity index (χ0n) is 19.0. The molecule has 0 bridgehead atoms. The Balaban J connectivity index is 1.58. The van der Waals surface area contributed by atoms with Crippen LogP contribution < -0.4 is 21.4 Å². The predicted molar refractivity (Wildman–Crippen MR) is 136 cm³/mol. The van der Waals surface area contributed by atoms with Gasteiger partial charge < -0.3 is 15.2 Å². The molecule has 2 aromatic carbocycles. The van der Waals surface area contributed by atoms with Crippen LogP contribution in [0.5, 0.6) is 5.75 Å². The summed E-state index contributed by atoms with van der Waals surface area (Å²) >= 11 is 5.96. The number of benzene rings is 2. The van der Waals surface area contributed by atoms with Gasteiger partial charge in [0.15, 0.2) is 0 Å². The Morgan fingerprint density at radius 1 is 1.08 bits per heavy atom. The molecule has 1 aliphatic rings. The Kier molecular flexibility index (Phi) is 7.75. The molecular formula is C25H21ClN6O4. The van der Waals surface area contributed by atoms with Gasteiger partial charge in [-0.2, -0.15) is 10.2 Å². The van der Waals surface area contributed by atoms with Crippen LogP contribution in [0.15, 0.2) is 87.1 Å². The fraction of sp³-hybridized carbons (Fsp3) is 0.160. The first-order valence-corrected chi connectivity index (χ1v) is 11.3. The van der Waals surface area contributed by atoms with E-state index in [9.17, 15) is 14.7 Å². The number of aromatic nitrogens is 3. The number of aliphatic hydroxyl groups is 1. The first-order chi connectivity index (χ1) is 17.5. The van der Waals surface area contributed by atoms with Gasteiger partial charge in [0.25, 0.3) is 0 Å². The van der Waals surface area contributed by atoms with Gasteiger partial charge in [-0.15, -0.1) is 0 Å². The van der Waals surface area contributed by atoms with Gasteiger partial charge in [0, 0.05) is 10.7 Å². The number of nitriles is 1. The lowest BCUT2D eigenvalue weighted by Gasteiger charge is -2.16.